The predicted molar refractivity (Wildman–Crippen MR) is 129 cm³/mol. The number of anilines is 2. The molecule has 3 rings (SSSR count). The third-order valence-electron chi connectivity index (χ3n) is 4.71. The van der Waals surface area contributed by atoms with Gasteiger partial charge in [-0.1, -0.05) is 23.7 Å². The van der Waals surface area contributed by atoms with Crippen molar-refractivity contribution in [2.24, 2.45) is 0 Å². The highest BCUT2D eigenvalue weighted by Gasteiger charge is 2.18. The third-order valence-corrected chi connectivity index (χ3v) is 6.10. The Morgan fingerprint density at radius 2 is 1.48 bits per heavy atom. The van der Waals surface area contributed by atoms with Crippen LogP contribution in [0.25, 0.3) is 0 Å². The van der Waals surface area contributed by atoms with Crippen LogP contribution in [0.1, 0.15) is 33.2 Å². The molecular formula is C24H23ClN2O5S. The third kappa shape index (κ3) is 6.57. The monoisotopic (exact) mass is 486 g/mol. The molecule has 0 spiro atoms. The lowest BCUT2D eigenvalue weighted by Crippen LogP contribution is -2.29. The van der Waals surface area contributed by atoms with Crippen LogP contribution in [-0.4, -0.2) is 33.2 Å². The summed E-state index contributed by atoms with van der Waals surface area (Å²) >= 11 is 5.90. The van der Waals surface area contributed by atoms with Gasteiger partial charge in [-0.15, -0.1) is 0 Å². The summed E-state index contributed by atoms with van der Waals surface area (Å²) in [6, 6.07) is 19.5. The van der Waals surface area contributed by atoms with Crippen molar-refractivity contribution >= 4 is 44.9 Å². The van der Waals surface area contributed by atoms with Crippen LogP contribution in [0.3, 0.4) is 0 Å². The second-order valence-electron chi connectivity index (χ2n) is 7.19. The zero-order valence-corrected chi connectivity index (χ0v) is 19.7. The Labute approximate surface area is 198 Å². The van der Waals surface area contributed by atoms with Crippen LogP contribution in [0.2, 0.25) is 5.02 Å². The minimum absolute atomic E-state index is 0.133. The lowest BCUT2D eigenvalue weighted by Gasteiger charge is -2.23. The molecule has 0 aliphatic rings. The molecule has 3 aromatic carbocycles. The number of benzene rings is 3. The molecule has 0 radical (unpaired) electrons. The molecule has 9 heteroatoms. The van der Waals surface area contributed by atoms with Crippen LogP contribution in [0.4, 0.5) is 11.4 Å². The van der Waals surface area contributed by atoms with Crippen LogP contribution in [-0.2, 0) is 21.3 Å². The number of carbonyl (C=O) groups excluding carboxylic acids is 2. The van der Waals surface area contributed by atoms with E-state index in [9.17, 15) is 18.0 Å². The molecule has 0 saturated carbocycles. The minimum Gasteiger partial charge on any atom is -0.462 e. The standard InChI is InChI=1S/C24H23ClN2O5S/c1-3-32-24(29)19-6-12-21(13-7-19)26-23(28)18-8-14-22(15-9-18)27(33(2,30)31)16-17-4-10-20(25)11-5-17/h4-15H,3,16H2,1-2H3,(H,26,28). The smallest absolute Gasteiger partial charge is 0.338 e. The summed E-state index contributed by atoms with van der Waals surface area (Å²) < 4.78 is 30.9. The highest BCUT2D eigenvalue weighted by molar-refractivity contribution is 7.92. The average molecular weight is 487 g/mol. The van der Waals surface area contributed by atoms with Crippen molar-refractivity contribution < 1.29 is 22.7 Å². The molecule has 0 aromatic heterocycles. The summed E-state index contributed by atoms with van der Waals surface area (Å²) in [7, 11) is -3.56. The first kappa shape index (κ1) is 24.3. The Morgan fingerprint density at radius 1 is 0.909 bits per heavy atom. The van der Waals surface area contributed by atoms with E-state index in [0.29, 0.717) is 27.5 Å². The Balaban J connectivity index is 1.72. The van der Waals surface area contributed by atoms with Crippen molar-refractivity contribution in [1.29, 1.82) is 0 Å². The Kier molecular flexibility index (Phi) is 7.73. The number of nitrogens with zero attached hydrogens (tertiary/aromatic N) is 1. The summed E-state index contributed by atoms with van der Waals surface area (Å²) in [6.07, 6.45) is 1.13. The lowest BCUT2D eigenvalue weighted by molar-refractivity contribution is 0.0526. The van der Waals surface area contributed by atoms with E-state index in [1.807, 2.05) is 0 Å². The minimum atomic E-state index is -3.56. The maximum Gasteiger partial charge on any atom is 0.338 e. The number of nitrogens with one attached hydrogen (secondary N) is 1. The molecule has 1 amide bonds. The number of ether oxygens (including phenoxy) is 1. The van der Waals surface area contributed by atoms with Gasteiger partial charge in [0.25, 0.3) is 5.91 Å². The summed E-state index contributed by atoms with van der Waals surface area (Å²) in [5.74, 6) is -0.797. The van der Waals surface area contributed by atoms with Gasteiger partial charge in [0.05, 0.1) is 30.7 Å². The maximum atomic E-state index is 12.6. The molecule has 1 N–H and O–H groups in total. The van der Waals surface area contributed by atoms with Gasteiger partial charge in [0.1, 0.15) is 0 Å². The summed E-state index contributed by atoms with van der Waals surface area (Å²) in [5.41, 5.74) is 2.47. The molecule has 0 atom stereocenters. The number of sulfonamides is 1. The van der Waals surface area contributed by atoms with Crippen molar-refractivity contribution in [2.75, 3.05) is 22.5 Å². The predicted octanol–water partition coefficient (Wildman–Crippen LogP) is 4.74. The number of rotatable bonds is 8. The Morgan fingerprint density at radius 3 is 2.03 bits per heavy atom. The zero-order chi connectivity index (χ0) is 24.0. The highest BCUT2D eigenvalue weighted by atomic mass is 35.5. The topological polar surface area (TPSA) is 92.8 Å². The second kappa shape index (κ2) is 10.5. The molecule has 0 aliphatic heterocycles. The van der Waals surface area contributed by atoms with Gasteiger partial charge >= 0.3 is 5.97 Å². The molecule has 172 valence electrons. The van der Waals surface area contributed by atoms with E-state index < -0.39 is 16.0 Å². The number of halogens is 1. The van der Waals surface area contributed by atoms with Crippen molar-refractivity contribution in [1.82, 2.24) is 0 Å². The number of carbonyl (C=O) groups is 2. The molecule has 0 bridgehead atoms. The van der Waals surface area contributed by atoms with Crippen LogP contribution in [0.5, 0.6) is 0 Å². The Hall–Kier alpha value is -3.36. The van der Waals surface area contributed by atoms with Gasteiger partial charge in [0.2, 0.25) is 10.0 Å². The van der Waals surface area contributed by atoms with Crippen molar-refractivity contribution in [3.05, 3.63) is 94.5 Å². The van der Waals surface area contributed by atoms with Crippen molar-refractivity contribution in [3.63, 3.8) is 0 Å². The van der Waals surface area contributed by atoms with E-state index in [1.165, 1.54) is 4.31 Å². The fourth-order valence-corrected chi connectivity index (χ4v) is 4.06. The van der Waals surface area contributed by atoms with Gasteiger partial charge in [0, 0.05) is 16.3 Å². The van der Waals surface area contributed by atoms with Crippen LogP contribution in [0.15, 0.2) is 72.8 Å². The van der Waals surface area contributed by atoms with Gasteiger partial charge in [-0.05, 0) is 73.2 Å². The normalized spacial score (nSPS) is 11.0. The molecular weight excluding hydrogens is 464 g/mol. The van der Waals surface area contributed by atoms with E-state index >= 15 is 0 Å². The van der Waals surface area contributed by atoms with Crippen molar-refractivity contribution in [3.8, 4) is 0 Å². The summed E-state index contributed by atoms with van der Waals surface area (Å²) in [4.78, 5) is 24.3. The molecule has 0 aliphatic carbocycles. The molecule has 0 fully saturated rings. The zero-order valence-electron chi connectivity index (χ0n) is 18.1. The molecule has 0 unspecified atom stereocenters. The van der Waals surface area contributed by atoms with Crippen LogP contribution >= 0.6 is 11.6 Å². The summed E-state index contributed by atoms with van der Waals surface area (Å²) in [6.45, 7) is 2.14. The number of hydrogen-bond donors (Lipinski definition) is 1. The van der Waals surface area contributed by atoms with E-state index in [1.54, 1.807) is 79.7 Å². The first-order valence-corrected chi connectivity index (χ1v) is 12.3. The Bertz CT molecular complexity index is 1230. The fraction of sp³-hybridized carbons (Fsp3) is 0.167. The van der Waals surface area contributed by atoms with Crippen LogP contribution < -0.4 is 9.62 Å². The lowest BCUT2D eigenvalue weighted by atomic mass is 10.1. The number of hydrogen-bond acceptors (Lipinski definition) is 5. The second-order valence-corrected chi connectivity index (χ2v) is 9.54. The van der Waals surface area contributed by atoms with E-state index in [0.717, 1.165) is 11.8 Å². The highest BCUT2D eigenvalue weighted by Crippen LogP contribution is 2.22. The number of esters is 1. The van der Waals surface area contributed by atoms with Gasteiger partial charge in [0.15, 0.2) is 0 Å². The summed E-state index contributed by atoms with van der Waals surface area (Å²) in [5, 5.41) is 3.31. The molecule has 3 aromatic rings. The molecule has 7 nitrogen and oxygen atoms in total. The van der Waals surface area contributed by atoms with E-state index in [-0.39, 0.29) is 19.1 Å². The fourth-order valence-electron chi connectivity index (χ4n) is 3.04. The molecule has 0 heterocycles. The van der Waals surface area contributed by atoms with E-state index in [4.69, 9.17) is 16.3 Å². The SMILES string of the molecule is CCOC(=O)c1ccc(NC(=O)c2ccc(N(Cc3ccc(Cl)cc3)S(C)(=O)=O)cc2)cc1. The van der Waals surface area contributed by atoms with Gasteiger partial charge in [-0.3, -0.25) is 9.10 Å². The first-order valence-electron chi connectivity index (χ1n) is 10.1. The van der Waals surface area contributed by atoms with Gasteiger partial charge in [-0.25, -0.2) is 13.2 Å². The number of amides is 1. The molecule has 33 heavy (non-hydrogen) atoms. The maximum absolute atomic E-state index is 12.6. The van der Waals surface area contributed by atoms with Crippen LogP contribution in [0, 0.1) is 0 Å². The quantitative estimate of drug-likeness (QED) is 0.464. The largest absolute Gasteiger partial charge is 0.462 e. The van der Waals surface area contributed by atoms with E-state index in [2.05, 4.69) is 5.32 Å². The first-order chi connectivity index (χ1) is 15.7. The average Bonchev–Trinajstić information content (AvgIpc) is 2.78. The van der Waals surface area contributed by atoms with Crippen molar-refractivity contribution in [2.45, 2.75) is 13.5 Å². The van der Waals surface area contributed by atoms with Gasteiger partial charge < -0.3 is 10.1 Å². The molecule has 0 saturated heterocycles. The van der Waals surface area contributed by atoms with Gasteiger partial charge in [-0.2, -0.15) is 0 Å².